The Morgan fingerprint density at radius 1 is 1.47 bits per heavy atom. The normalized spacial score (nSPS) is 15.7. The third-order valence-electron chi connectivity index (χ3n) is 3.42. The van der Waals surface area contributed by atoms with Crippen molar-refractivity contribution in [2.75, 3.05) is 12.4 Å². The zero-order valence-electron chi connectivity index (χ0n) is 11.0. The van der Waals surface area contributed by atoms with Gasteiger partial charge < -0.3 is 10.6 Å². The molecular formula is C13H17N3O3. The van der Waals surface area contributed by atoms with E-state index in [0.717, 1.165) is 12.8 Å². The number of hydrogen-bond acceptors (Lipinski definition) is 4. The molecule has 6 nitrogen and oxygen atoms in total. The first-order valence-electron chi connectivity index (χ1n) is 6.30. The minimum atomic E-state index is -0.499. The van der Waals surface area contributed by atoms with Crippen molar-refractivity contribution in [3.63, 3.8) is 0 Å². The van der Waals surface area contributed by atoms with E-state index in [2.05, 4.69) is 10.6 Å². The minimum Gasteiger partial charge on any atom is -0.387 e. The highest BCUT2D eigenvalue weighted by Gasteiger charge is 2.29. The highest BCUT2D eigenvalue weighted by molar-refractivity contribution is 6.00. The number of anilines is 1. The van der Waals surface area contributed by atoms with Crippen molar-refractivity contribution in [1.29, 1.82) is 0 Å². The Morgan fingerprint density at radius 3 is 2.68 bits per heavy atom. The summed E-state index contributed by atoms with van der Waals surface area (Å²) >= 11 is 0. The van der Waals surface area contributed by atoms with Crippen molar-refractivity contribution in [3.05, 3.63) is 33.9 Å². The first-order valence-corrected chi connectivity index (χ1v) is 6.30. The number of hydrogen-bond donors (Lipinski definition) is 2. The second-order valence-corrected chi connectivity index (χ2v) is 4.84. The summed E-state index contributed by atoms with van der Waals surface area (Å²) in [6.07, 6.45) is 2.27. The Bertz CT molecular complexity index is 512. The highest BCUT2D eigenvalue weighted by Crippen LogP contribution is 2.32. The summed E-state index contributed by atoms with van der Waals surface area (Å²) in [4.78, 5) is 22.4. The van der Waals surface area contributed by atoms with Crippen LogP contribution in [-0.4, -0.2) is 23.9 Å². The smallest absolute Gasteiger partial charge is 0.270 e. The van der Waals surface area contributed by atoms with Crippen molar-refractivity contribution in [2.24, 2.45) is 5.92 Å². The molecule has 19 heavy (non-hydrogen) atoms. The Balaban J connectivity index is 2.22. The molecule has 1 aliphatic carbocycles. The molecule has 0 saturated heterocycles. The van der Waals surface area contributed by atoms with Crippen LogP contribution in [0.1, 0.15) is 30.1 Å². The van der Waals surface area contributed by atoms with Gasteiger partial charge >= 0.3 is 0 Å². The van der Waals surface area contributed by atoms with E-state index >= 15 is 0 Å². The maximum atomic E-state index is 12.2. The molecule has 0 bridgehead atoms. The van der Waals surface area contributed by atoms with Gasteiger partial charge in [-0.2, -0.15) is 0 Å². The van der Waals surface area contributed by atoms with Gasteiger partial charge in [-0.25, -0.2) is 0 Å². The number of nitro benzene ring substituents is 1. The molecule has 0 spiro atoms. The fourth-order valence-corrected chi connectivity index (χ4v) is 2.05. The van der Waals surface area contributed by atoms with Crippen LogP contribution in [0.3, 0.4) is 0 Å². The van der Waals surface area contributed by atoms with Gasteiger partial charge in [0.15, 0.2) is 0 Å². The van der Waals surface area contributed by atoms with E-state index in [4.69, 9.17) is 0 Å². The third-order valence-corrected chi connectivity index (χ3v) is 3.42. The number of nitrogens with one attached hydrogen (secondary N) is 2. The third kappa shape index (κ3) is 3.01. The van der Waals surface area contributed by atoms with Gasteiger partial charge in [-0.1, -0.05) is 0 Å². The standard InChI is InChI=1S/C13H17N3O3/c1-8(9-3-4-9)15-13(17)11-7-10(16(18)19)5-6-12(11)14-2/h5-9,14H,3-4H2,1-2H3,(H,15,17). The molecule has 1 fully saturated rings. The summed E-state index contributed by atoms with van der Waals surface area (Å²) in [6, 6.07) is 4.35. The van der Waals surface area contributed by atoms with E-state index in [1.807, 2.05) is 6.92 Å². The largest absolute Gasteiger partial charge is 0.387 e. The van der Waals surface area contributed by atoms with E-state index in [9.17, 15) is 14.9 Å². The number of nitro groups is 1. The molecule has 0 aromatic heterocycles. The highest BCUT2D eigenvalue weighted by atomic mass is 16.6. The maximum Gasteiger partial charge on any atom is 0.270 e. The lowest BCUT2D eigenvalue weighted by Crippen LogP contribution is -2.34. The fraction of sp³-hybridized carbons (Fsp3) is 0.462. The number of non-ortho nitro benzene ring substituents is 1. The van der Waals surface area contributed by atoms with Gasteiger partial charge in [0.25, 0.3) is 11.6 Å². The van der Waals surface area contributed by atoms with Crippen molar-refractivity contribution in [1.82, 2.24) is 5.32 Å². The molecular weight excluding hydrogens is 246 g/mol. The van der Waals surface area contributed by atoms with Crippen LogP contribution in [-0.2, 0) is 0 Å². The summed E-state index contributed by atoms with van der Waals surface area (Å²) in [7, 11) is 1.68. The molecule has 1 aliphatic rings. The summed E-state index contributed by atoms with van der Waals surface area (Å²) in [5, 5.41) is 16.5. The molecule has 0 heterocycles. The van der Waals surface area contributed by atoms with Gasteiger partial charge in [-0.05, 0) is 31.7 Å². The fourth-order valence-electron chi connectivity index (χ4n) is 2.05. The Kier molecular flexibility index (Phi) is 3.69. The number of amides is 1. The first-order chi connectivity index (χ1) is 9.02. The lowest BCUT2D eigenvalue weighted by Gasteiger charge is -2.14. The van der Waals surface area contributed by atoms with Gasteiger partial charge in [-0.3, -0.25) is 14.9 Å². The number of rotatable bonds is 5. The second-order valence-electron chi connectivity index (χ2n) is 4.84. The predicted octanol–water partition coefficient (Wildman–Crippen LogP) is 2.16. The van der Waals surface area contributed by atoms with Gasteiger partial charge in [0.2, 0.25) is 0 Å². The molecule has 1 atom stereocenters. The molecule has 2 N–H and O–H groups in total. The average Bonchev–Trinajstić information content (AvgIpc) is 3.21. The van der Waals surface area contributed by atoms with Crippen LogP contribution >= 0.6 is 0 Å². The molecule has 0 radical (unpaired) electrons. The molecule has 2 rings (SSSR count). The summed E-state index contributed by atoms with van der Waals surface area (Å²) in [6.45, 7) is 1.96. The first kappa shape index (κ1) is 13.3. The Morgan fingerprint density at radius 2 is 2.16 bits per heavy atom. The van der Waals surface area contributed by atoms with Crippen LogP contribution in [0.15, 0.2) is 18.2 Å². The zero-order chi connectivity index (χ0) is 14.0. The van der Waals surface area contributed by atoms with Gasteiger partial charge in [0, 0.05) is 30.9 Å². The van der Waals surface area contributed by atoms with Crippen LogP contribution < -0.4 is 10.6 Å². The summed E-state index contributed by atoms with van der Waals surface area (Å²) < 4.78 is 0. The lowest BCUT2D eigenvalue weighted by atomic mass is 10.1. The van der Waals surface area contributed by atoms with Crippen molar-refractivity contribution >= 4 is 17.3 Å². The van der Waals surface area contributed by atoms with Crippen LogP contribution in [0.5, 0.6) is 0 Å². The minimum absolute atomic E-state index is 0.0803. The van der Waals surface area contributed by atoms with E-state index in [0.29, 0.717) is 17.2 Å². The lowest BCUT2D eigenvalue weighted by molar-refractivity contribution is -0.384. The Labute approximate surface area is 111 Å². The van der Waals surface area contributed by atoms with E-state index < -0.39 is 4.92 Å². The van der Waals surface area contributed by atoms with Gasteiger partial charge in [0.05, 0.1) is 10.5 Å². The molecule has 1 aromatic rings. The van der Waals surface area contributed by atoms with Crippen LogP contribution in [0.2, 0.25) is 0 Å². The Hall–Kier alpha value is -2.11. The second kappa shape index (κ2) is 5.26. The van der Waals surface area contributed by atoms with Crippen LogP contribution in [0.4, 0.5) is 11.4 Å². The molecule has 6 heteroatoms. The van der Waals surface area contributed by atoms with Crippen molar-refractivity contribution in [2.45, 2.75) is 25.8 Å². The van der Waals surface area contributed by atoms with Crippen LogP contribution in [0, 0.1) is 16.0 Å². The van der Waals surface area contributed by atoms with E-state index in [1.165, 1.54) is 12.1 Å². The van der Waals surface area contributed by atoms with E-state index in [1.54, 1.807) is 13.1 Å². The van der Waals surface area contributed by atoms with Gasteiger partial charge in [0.1, 0.15) is 0 Å². The predicted molar refractivity (Wildman–Crippen MR) is 72.3 cm³/mol. The monoisotopic (exact) mass is 263 g/mol. The van der Waals surface area contributed by atoms with Crippen LogP contribution in [0.25, 0.3) is 0 Å². The average molecular weight is 263 g/mol. The van der Waals surface area contributed by atoms with E-state index in [-0.39, 0.29) is 17.6 Å². The van der Waals surface area contributed by atoms with Crippen molar-refractivity contribution < 1.29 is 9.72 Å². The topological polar surface area (TPSA) is 84.3 Å². The maximum absolute atomic E-state index is 12.2. The summed E-state index contributed by atoms with van der Waals surface area (Å²) in [5.41, 5.74) is 0.818. The SMILES string of the molecule is CNc1ccc([N+](=O)[O-])cc1C(=O)NC(C)C1CC1. The molecule has 1 amide bonds. The molecule has 1 saturated carbocycles. The number of carbonyl (C=O) groups excluding carboxylic acids is 1. The van der Waals surface area contributed by atoms with Gasteiger partial charge in [-0.15, -0.1) is 0 Å². The summed E-state index contributed by atoms with van der Waals surface area (Å²) in [5.74, 6) is 0.271. The molecule has 1 unspecified atom stereocenters. The molecule has 102 valence electrons. The quantitative estimate of drug-likeness (QED) is 0.629. The number of carbonyl (C=O) groups is 1. The molecule has 0 aliphatic heterocycles. The number of benzene rings is 1. The molecule has 1 aromatic carbocycles. The zero-order valence-corrected chi connectivity index (χ0v) is 11.0. The van der Waals surface area contributed by atoms with Crippen molar-refractivity contribution in [3.8, 4) is 0 Å². The number of nitrogens with zero attached hydrogens (tertiary/aromatic N) is 1.